The zero-order valence-corrected chi connectivity index (χ0v) is 13.0. The maximum Gasteiger partial charge on any atom is 0.112 e. The third-order valence-corrected chi connectivity index (χ3v) is 3.41. The second kappa shape index (κ2) is 6.19. The number of halogens is 1. The van der Waals surface area contributed by atoms with Crippen LogP contribution in [-0.2, 0) is 11.3 Å². The third kappa shape index (κ3) is 3.20. The third-order valence-electron chi connectivity index (χ3n) is 2.98. The van der Waals surface area contributed by atoms with Gasteiger partial charge in [-0.15, -0.1) is 0 Å². The van der Waals surface area contributed by atoms with E-state index in [4.69, 9.17) is 4.74 Å². The number of aromatic nitrogens is 4. The lowest BCUT2D eigenvalue weighted by Crippen LogP contribution is -2.03. The smallest absolute Gasteiger partial charge is 0.112 e. The van der Waals surface area contributed by atoms with Crippen LogP contribution in [0.5, 0.6) is 0 Å². The van der Waals surface area contributed by atoms with Crippen LogP contribution in [0.4, 0.5) is 11.4 Å². The number of hydrogen-bond donors (Lipinski definition) is 1. The maximum absolute atomic E-state index is 5.04. The molecule has 0 atom stereocenters. The van der Waals surface area contributed by atoms with Gasteiger partial charge in [-0.3, -0.25) is 14.6 Å². The molecule has 0 saturated heterocycles. The molecule has 3 aromatic rings. The molecule has 0 bridgehead atoms. The molecule has 1 N–H and O–H groups in total. The van der Waals surface area contributed by atoms with Crippen LogP contribution >= 0.6 is 15.9 Å². The minimum atomic E-state index is 0.634. The standard InChI is InChI=1S/C14H14BrN5O/c1-21-5-4-20-9-11(8-18-20)19-12-2-3-16-13-6-10(15)7-17-14(12)13/h2-3,6-9H,4-5H2,1H3,(H,16,19). The number of hydrogen-bond acceptors (Lipinski definition) is 5. The molecule has 3 rings (SSSR count). The lowest BCUT2D eigenvalue weighted by Gasteiger charge is -2.06. The first kappa shape index (κ1) is 14.0. The van der Waals surface area contributed by atoms with E-state index in [0.29, 0.717) is 6.61 Å². The molecule has 0 radical (unpaired) electrons. The van der Waals surface area contributed by atoms with E-state index in [-0.39, 0.29) is 0 Å². The summed E-state index contributed by atoms with van der Waals surface area (Å²) in [5, 5.41) is 7.60. The average Bonchev–Trinajstić information content (AvgIpc) is 2.92. The van der Waals surface area contributed by atoms with Crippen LogP contribution in [0.25, 0.3) is 11.0 Å². The molecule has 108 valence electrons. The van der Waals surface area contributed by atoms with E-state index in [1.165, 1.54) is 0 Å². The van der Waals surface area contributed by atoms with Gasteiger partial charge in [0.1, 0.15) is 5.52 Å². The predicted octanol–water partition coefficient (Wildman–Crippen LogP) is 2.98. The van der Waals surface area contributed by atoms with Gasteiger partial charge in [0.2, 0.25) is 0 Å². The summed E-state index contributed by atoms with van der Waals surface area (Å²) in [5.41, 5.74) is 3.47. The number of anilines is 2. The lowest BCUT2D eigenvalue weighted by atomic mass is 10.3. The van der Waals surface area contributed by atoms with Gasteiger partial charge in [-0.2, -0.15) is 5.10 Å². The second-order valence-corrected chi connectivity index (χ2v) is 5.41. The van der Waals surface area contributed by atoms with Gasteiger partial charge in [0.25, 0.3) is 0 Å². The van der Waals surface area contributed by atoms with Gasteiger partial charge < -0.3 is 10.1 Å². The molecule has 0 aliphatic heterocycles. The summed E-state index contributed by atoms with van der Waals surface area (Å²) in [6, 6.07) is 3.84. The van der Waals surface area contributed by atoms with Crippen LogP contribution in [0.1, 0.15) is 0 Å². The molecule has 7 heteroatoms. The zero-order chi connectivity index (χ0) is 14.7. The first-order chi connectivity index (χ1) is 10.3. The summed E-state index contributed by atoms with van der Waals surface area (Å²) < 4.78 is 7.78. The predicted molar refractivity (Wildman–Crippen MR) is 84.6 cm³/mol. The Morgan fingerprint density at radius 1 is 1.33 bits per heavy atom. The molecule has 0 aliphatic rings. The maximum atomic E-state index is 5.04. The molecule has 0 spiro atoms. The summed E-state index contributed by atoms with van der Waals surface area (Å²) in [4.78, 5) is 8.73. The number of fused-ring (bicyclic) bond motifs is 1. The number of nitrogens with one attached hydrogen (secondary N) is 1. The summed E-state index contributed by atoms with van der Waals surface area (Å²) >= 11 is 3.40. The molecule has 6 nitrogen and oxygen atoms in total. The van der Waals surface area contributed by atoms with Crippen LogP contribution in [0.2, 0.25) is 0 Å². The Morgan fingerprint density at radius 2 is 2.24 bits per heavy atom. The Labute approximate surface area is 130 Å². The Bertz CT molecular complexity index is 758. The Kier molecular flexibility index (Phi) is 4.12. The van der Waals surface area contributed by atoms with Gasteiger partial charge in [0, 0.05) is 30.2 Å². The Morgan fingerprint density at radius 3 is 3.10 bits per heavy atom. The first-order valence-electron chi connectivity index (χ1n) is 6.45. The first-order valence-corrected chi connectivity index (χ1v) is 7.24. The molecule has 0 amide bonds. The molecule has 3 heterocycles. The van der Waals surface area contributed by atoms with Gasteiger partial charge in [-0.1, -0.05) is 0 Å². The van der Waals surface area contributed by atoms with Crippen molar-refractivity contribution in [1.29, 1.82) is 0 Å². The normalized spacial score (nSPS) is 11.0. The molecule has 0 saturated carbocycles. The van der Waals surface area contributed by atoms with Crippen LogP contribution < -0.4 is 5.32 Å². The van der Waals surface area contributed by atoms with E-state index in [0.717, 1.165) is 33.4 Å². The van der Waals surface area contributed by atoms with Crippen molar-refractivity contribution >= 4 is 38.3 Å². The second-order valence-electron chi connectivity index (χ2n) is 4.49. The van der Waals surface area contributed by atoms with E-state index in [1.807, 2.05) is 23.0 Å². The summed E-state index contributed by atoms with van der Waals surface area (Å²) in [6.07, 6.45) is 7.23. The highest BCUT2D eigenvalue weighted by molar-refractivity contribution is 9.10. The van der Waals surface area contributed by atoms with Crippen molar-refractivity contribution in [3.63, 3.8) is 0 Å². The average molecular weight is 348 g/mol. The fourth-order valence-corrected chi connectivity index (χ4v) is 2.32. The number of rotatable bonds is 5. The minimum absolute atomic E-state index is 0.634. The Balaban J connectivity index is 1.86. The van der Waals surface area contributed by atoms with Crippen molar-refractivity contribution in [3.8, 4) is 0 Å². The van der Waals surface area contributed by atoms with Crippen molar-refractivity contribution in [2.45, 2.75) is 6.54 Å². The fourth-order valence-electron chi connectivity index (χ4n) is 2.00. The zero-order valence-electron chi connectivity index (χ0n) is 11.5. The number of ether oxygens (including phenoxy) is 1. The van der Waals surface area contributed by atoms with Crippen molar-refractivity contribution in [2.24, 2.45) is 0 Å². The summed E-state index contributed by atoms with van der Waals surface area (Å²) in [6.45, 7) is 1.36. The van der Waals surface area contributed by atoms with Crippen LogP contribution in [0.15, 0.2) is 41.4 Å². The van der Waals surface area contributed by atoms with Crippen molar-refractivity contribution in [2.75, 3.05) is 19.0 Å². The van der Waals surface area contributed by atoms with Gasteiger partial charge >= 0.3 is 0 Å². The van der Waals surface area contributed by atoms with E-state index >= 15 is 0 Å². The van der Waals surface area contributed by atoms with Gasteiger partial charge in [-0.25, -0.2) is 0 Å². The highest BCUT2D eigenvalue weighted by Gasteiger charge is 2.06. The molecule has 21 heavy (non-hydrogen) atoms. The fraction of sp³-hybridized carbons (Fsp3) is 0.214. The lowest BCUT2D eigenvalue weighted by molar-refractivity contribution is 0.183. The molecule has 0 unspecified atom stereocenters. The van der Waals surface area contributed by atoms with Gasteiger partial charge in [-0.05, 0) is 28.1 Å². The Hall–Kier alpha value is -1.99. The quantitative estimate of drug-likeness (QED) is 0.768. The SMILES string of the molecule is COCCn1cc(Nc2ccnc3cc(Br)cnc23)cn1. The van der Waals surface area contributed by atoms with Gasteiger partial charge in [0.15, 0.2) is 0 Å². The van der Waals surface area contributed by atoms with E-state index in [1.54, 1.807) is 25.7 Å². The number of methoxy groups -OCH3 is 1. The topological polar surface area (TPSA) is 64.9 Å². The highest BCUT2D eigenvalue weighted by Crippen LogP contribution is 2.24. The number of nitrogens with zero attached hydrogens (tertiary/aromatic N) is 4. The molecule has 3 aromatic heterocycles. The number of pyridine rings is 2. The van der Waals surface area contributed by atoms with Crippen molar-refractivity contribution in [1.82, 2.24) is 19.7 Å². The van der Waals surface area contributed by atoms with Crippen LogP contribution in [0, 0.1) is 0 Å². The molecule has 0 aliphatic carbocycles. The summed E-state index contributed by atoms with van der Waals surface area (Å²) in [5.74, 6) is 0. The largest absolute Gasteiger partial charge is 0.383 e. The molecule has 0 aromatic carbocycles. The van der Waals surface area contributed by atoms with Crippen LogP contribution in [-0.4, -0.2) is 33.5 Å². The molecular formula is C14H14BrN5O. The van der Waals surface area contributed by atoms with Crippen molar-refractivity contribution < 1.29 is 4.74 Å². The van der Waals surface area contributed by atoms with Gasteiger partial charge in [0.05, 0.1) is 36.2 Å². The molecular weight excluding hydrogens is 334 g/mol. The molecule has 0 fully saturated rings. The van der Waals surface area contributed by atoms with Crippen LogP contribution in [0.3, 0.4) is 0 Å². The minimum Gasteiger partial charge on any atom is -0.383 e. The van der Waals surface area contributed by atoms with E-state index in [9.17, 15) is 0 Å². The van der Waals surface area contributed by atoms with E-state index in [2.05, 4.69) is 36.3 Å². The monoisotopic (exact) mass is 347 g/mol. The van der Waals surface area contributed by atoms with E-state index < -0.39 is 0 Å². The summed E-state index contributed by atoms with van der Waals surface area (Å²) in [7, 11) is 1.68. The van der Waals surface area contributed by atoms with Crippen molar-refractivity contribution in [3.05, 3.63) is 41.4 Å². The highest BCUT2D eigenvalue weighted by atomic mass is 79.9.